The van der Waals surface area contributed by atoms with Gasteiger partial charge in [-0.1, -0.05) is 30.3 Å². The molecule has 0 spiro atoms. The first-order chi connectivity index (χ1) is 16.0. The molecule has 33 heavy (non-hydrogen) atoms. The van der Waals surface area contributed by atoms with E-state index >= 15 is 0 Å². The number of methoxy groups -OCH3 is 1. The number of benzene rings is 2. The van der Waals surface area contributed by atoms with Crippen LogP contribution in [0.25, 0.3) is 21.9 Å². The van der Waals surface area contributed by atoms with E-state index in [2.05, 4.69) is 11.0 Å². The highest BCUT2D eigenvalue weighted by atomic mass is 16.5. The van der Waals surface area contributed by atoms with Crippen LogP contribution in [0.2, 0.25) is 0 Å². The fourth-order valence-electron chi connectivity index (χ4n) is 4.35. The summed E-state index contributed by atoms with van der Waals surface area (Å²) in [6.07, 6.45) is -0.226. The van der Waals surface area contributed by atoms with E-state index in [-0.39, 0.29) is 12.0 Å². The Balaban J connectivity index is 1.41. The molecule has 7 heteroatoms. The molecule has 7 nitrogen and oxygen atoms in total. The number of pyridine rings is 1. The maximum atomic E-state index is 12.9. The summed E-state index contributed by atoms with van der Waals surface area (Å²) in [5.74, 6) is 1.57. The Kier molecular flexibility index (Phi) is 5.74. The fourth-order valence-corrected chi connectivity index (χ4v) is 4.35. The van der Waals surface area contributed by atoms with Crippen molar-refractivity contribution in [1.82, 2.24) is 14.8 Å². The maximum Gasteiger partial charge on any atom is 0.254 e. The minimum Gasteiger partial charge on any atom is -0.493 e. The molecule has 0 aliphatic carbocycles. The second-order valence-corrected chi connectivity index (χ2v) is 8.50. The predicted octanol–water partition coefficient (Wildman–Crippen LogP) is 4.26. The Bertz CT molecular complexity index is 1310. The van der Waals surface area contributed by atoms with Crippen LogP contribution in [0.4, 0.5) is 0 Å². The quantitative estimate of drug-likeness (QED) is 0.457. The lowest BCUT2D eigenvalue weighted by molar-refractivity contribution is -0.0364. The van der Waals surface area contributed by atoms with E-state index in [0.29, 0.717) is 25.3 Å². The SMILES string of the molecule is COc1cccc2cc(CN3CCO[C@H](c4cc(C(=O)N(C)C)c5ccccc5n4)C3)oc12. The summed E-state index contributed by atoms with van der Waals surface area (Å²) in [5, 5.41) is 1.88. The highest BCUT2D eigenvalue weighted by molar-refractivity contribution is 6.06. The number of carbonyl (C=O) groups is 1. The van der Waals surface area contributed by atoms with E-state index in [1.807, 2.05) is 48.5 Å². The second-order valence-electron chi connectivity index (χ2n) is 8.50. The molecule has 0 bridgehead atoms. The van der Waals surface area contributed by atoms with Crippen LogP contribution in [-0.2, 0) is 11.3 Å². The number of hydrogen-bond donors (Lipinski definition) is 0. The first-order valence-electron chi connectivity index (χ1n) is 11.0. The average molecular weight is 446 g/mol. The van der Waals surface area contributed by atoms with Gasteiger partial charge in [0, 0.05) is 38.0 Å². The van der Waals surface area contributed by atoms with Gasteiger partial charge < -0.3 is 18.8 Å². The highest BCUT2D eigenvalue weighted by Crippen LogP contribution is 2.31. The highest BCUT2D eigenvalue weighted by Gasteiger charge is 2.26. The van der Waals surface area contributed by atoms with Gasteiger partial charge in [0.25, 0.3) is 5.91 Å². The zero-order valence-electron chi connectivity index (χ0n) is 19.1. The lowest BCUT2D eigenvalue weighted by Crippen LogP contribution is -2.38. The van der Waals surface area contributed by atoms with Crippen molar-refractivity contribution in [3.05, 3.63) is 71.6 Å². The van der Waals surface area contributed by atoms with Gasteiger partial charge in [-0.15, -0.1) is 0 Å². The van der Waals surface area contributed by atoms with Crippen LogP contribution < -0.4 is 4.74 Å². The molecule has 3 heterocycles. The summed E-state index contributed by atoms with van der Waals surface area (Å²) in [4.78, 5) is 21.6. The van der Waals surface area contributed by atoms with Crippen LogP contribution in [-0.4, -0.2) is 61.6 Å². The van der Waals surface area contributed by atoms with Crippen LogP contribution in [0.5, 0.6) is 5.75 Å². The molecule has 1 aliphatic heterocycles. The Morgan fingerprint density at radius 2 is 2.03 bits per heavy atom. The number of para-hydroxylation sites is 2. The Hall–Kier alpha value is -3.42. The third-order valence-corrected chi connectivity index (χ3v) is 6.01. The van der Waals surface area contributed by atoms with Crippen molar-refractivity contribution in [2.24, 2.45) is 0 Å². The molecule has 5 rings (SSSR count). The minimum absolute atomic E-state index is 0.0428. The molecule has 170 valence electrons. The topological polar surface area (TPSA) is 68.0 Å². The molecule has 0 unspecified atom stereocenters. The van der Waals surface area contributed by atoms with E-state index in [1.54, 1.807) is 26.1 Å². The summed E-state index contributed by atoms with van der Waals surface area (Å²) in [7, 11) is 5.17. The molecular formula is C26H27N3O4. The monoisotopic (exact) mass is 445 g/mol. The molecule has 1 fully saturated rings. The number of fused-ring (bicyclic) bond motifs is 2. The van der Waals surface area contributed by atoms with Crippen LogP contribution in [0, 0.1) is 0 Å². The Morgan fingerprint density at radius 3 is 2.85 bits per heavy atom. The number of ether oxygens (including phenoxy) is 2. The number of furan rings is 1. The molecule has 0 saturated carbocycles. The molecule has 1 saturated heterocycles. The Morgan fingerprint density at radius 1 is 1.18 bits per heavy atom. The van der Waals surface area contributed by atoms with Gasteiger partial charge in [-0.3, -0.25) is 9.69 Å². The third kappa shape index (κ3) is 4.17. The molecule has 1 amide bonds. The van der Waals surface area contributed by atoms with Crippen molar-refractivity contribution in [2.45, 2.75) is 12.6 Å². The zero-order valence-corrected chi connectivity index (χ0v) is 19.1. The number of nitrogens with zero attached hydrogens (tertiary/aromatic N) is 3. The molecule has 0 N–H and O–H groups in total. The molecule has 4 aromatic rings. The zero-order chi connectivity index (χ0) is 22.9. The average Bonchev–Trinajstić information content (AvgIpc) is 3.25. The van der Waals surface area contributed by atoms with Crippen LogP contribution >= 0.6 is 0 Å². The van der Waals surface area contributed by atoms with E-state index < -0.39 is 0 Å². The molecule has 1 aliphatic rings. The first-order valence-corrected chi connectivity index (χ1v) is 11.0. The molecule has 2 aromatic heterocycles. The maximum absolute atomic E-state index is 12.9. The summed E-state index contributed by atoms with van der Waals surface area (Å²) >= 11 is 0. The summed E-state index contributed by atoms with van der Waals surface area (Å²) in [5.41, 5.74) is 2.98. The summed E-state index contributed by atoms with van der Waals surface area (Å²) < 4.78 is 17.6. The van der Waals surface area contributed by atoms with E-state index in [4.69, 9.17) is 18.9 Å². The number of carbonyl (C=O) groups excluding carboxylic acids is 1. The van der Waals surface area contributed by atoms with Crippen molar-refractivity contribution in [2.75, 3.05) is 40.9 Å². The van der Waals surface area contributed by atoms with Crippen molar-refractivity contribution in [3.63, 3.8) is 0 Å². The lowest BCUT2D eigenvalue weighted by Gasteiger charge is -2.32. The third-order valence-electron chi connectivity index (χ3n) is 6.01. The van der Waals surface area contributed by atoms with Gasteiger partial charge in [0.05, 0.1) is 37.0 Å². The van der Waals surface area contributed by atoms with E-state index in [0.717, 1.165) is 45.6 Å². The van der Waals surface area contributed by atoms with Gasteiger partial charge in [-0.05, 0) is 24.3 Å². The van der Waals surface area contributed by atoms with Gasteiger partial charge in [-0.2, -0.15) is 0 Å². The van der Waals surface area contributed by atoms with Crippen molar-refractivity contribution < 1.29 is 18.7 Å². The van der Waals surface area contributed by atoms with E-state index in [9.17, 15) is 4.79 Å². The first kappa shape index (κ1) is 21.4. The van der Waals surface area contributed by atoms with Gasteiger partial charge in [-0.25, -0.2) is 4.98 Å². The number of amides is 1. The minimum atomic E-state index is -0.226. The smallest absolute Gasteiger partial charge is 0.254 e. The second kappa shape index (κ2) is 8.84. The summed E-state index contributed by atoms with van der Waals surface area (Å²) in [6, 6.07) is 17.6. The molecule has 2 aromatic carbocycles. The fraction of sp³-hybridized carbons (Fsp3) is 0.308. The van der Waals surface area contributed by atoms with Crippen molar-refractivity contribution in [3.8, 4) is 5.75 Å². The van der Waals surface area contributed by atoms with Crippen LogP contribution in [0.3, 0.4) is 0 Å². The number of morpholine rings is 1. The standard InChI is InChI=1S/C26H27N3O4/c1-28(2)26(30)20-14-22(27-21-9-5-4-8-19(20)21)24-16-29(11-12-32-24)15-18-13-17-7-6-10-23(31-3)25(17)33-18/h4-10,13-14,24H,11-12,15-16H2,1-3H3/t24-/m0/s1. The van der Waals surface area contributed by atoms with Gasteiger partial charge in [0.1, 0.15) is 11.9 Å². The van der Waals surface area contributed by atoms with Crippen LogP contribution in [0.1, 0.15) is 27.9 Å². The number of rotatable bonds is 5. The van der Waals surface area contributed by atoms with Gasteiger partial charge >= 0.3 is 0 Å². The number of aromatic nitrogens is 1. The normalized spacial score (nSPS) is 16.9. The lowest BCUT2D eigenvalue weighted by atomic mass is 10.0. The van der Waals surface area contributed by atoms with Crippen molar-refractivity contribution >= 4 is 27.8 Å². The van der Waals surface area contributed by atoms with Gasteiger partial charge in [0.15, 0.2) is 11.3 Å². The summed E-state index contributed by atoms with van der Waals surface area (Å²) in [6.45, 7) is 2.70. The Labute approximate surface area is 192 Å². The van der Waals surface area contributed by atoms with Crippen molar-refractivity contribution in [1.29, 1.82) is 0 Å². The predicted molar refractivity (Wildman–Crippen MR) is 126 cm³/mol. The van der Waals surface area contributed by atoms with E-state index in [1.165, 1.54) is 0 Å². The molecular weight excluding hydrogens is 418 g/mol. The van der Waals surface area contributed by atoms with Crippen LogP contribution in [0.15, 0.2) is 59.0 Å². The van der Waals surface area contributed by atoms with Gasteiger partial charge in [0.2, 0.25) is 0 Å². The largest absolute Gasteiger partial charge is 0.493 e. The molecule has 0 radical (unpaired) electrons. The molecule has 1 atom stereocenters. The number of hydrogen-bond acceptors (Lipinski definition) is 6.